The summed E-state index contributed by atoms with van der Waals surface area (Å²) in [6.45, 7) is 6.05. The van der Waals surface area contributed by atoms with Crippen LogP contribution in [0.15, 0.2) is 30.3 Å². The van der Waals surface area contributed by atoms with Gasteiger partial charge in [0.15, 0.2) is 0 Å². The molecule has 1 atom stereocenters. The quantitative estimate of drug-likeness (QED) is 0.794. The summed E-state index contributed by atoms with van der Waals surface area (Å²) in [6.07, 6.45) is 0. The fourth-order valence-electron chi connectivity index (χ4n) is 2.44. The minimum atomic E-state index is -0.620. The van der Waals surface area contributed by atoms with Gasteiger partial charge in [-0.25, -0.2) is 9.69 Å². The van der Waals surface area contributed by atoms with Crippen LogP contribution in [0.25, 0.3) is 0 Å². The average Bonchev–Trinajstić information content (AvgIpc) is 3.05. The van der Waals surface area contributed by atoms with Crippen LogP contribution in [0.2, 0.25) is 0 Å². The normalized spacial score (nSPS) is 18.9. The molecule has 0 spiro atoms. The van der Waals surface area contributed by atoms with Gasteiger partial charge in [0.25, 0.3) is 5.91 Å². The van der Waals surface area contributed by atoms with Crippen LogP contribution < -0.4 is 4.90 Å². The molecule has 0 bridgehead atoms. The third kappa shape index (κ3) is 2.61. The molecule has 0 aliphatic carbocycles. The second-order valence-electron chi connectivity index (χ2n) is 6.52. The Kier molecular flexibility index (Phi) is 3.68. The van der Waals surface area contributed by atoms with E-state index in [0.717, 1.165) is 15.5 Å². The van der Waals surface area contributed by atoms with Crippen LogP contribution in [-0.4, -0.2) is 34.1 Å². The first-order valence-electron chi connectivity index (χ1n) is 7.30. The van der Waals surface area contributed by atoms with Gasteiger partial charge in [-0.2, -0.15) is 0 Å². The lowest BCUT2D eigenvalue weighted by Gasteiger charge is -2.15. The molecule has 7 heteroatoms. The zero-order chi connectivity index (χ0) is 16.8. The number of benzene rings is 1. The molecule has 1 aliphatic rings. The van der Waals surface area contributed by atoms with E-state index in [2.05, 4.69) is 10.2 Å². The summed E-state index contributed by atoms with van der Waals surface area (Å²) < 4.78 is 0. The van der Waals surface area contributed by atoms with E-state index in [1.165, 1.54) is 16.2 Å². The van der Waals surface area contributed by atoms with Crippen LogP contribution in [0.1, 0.15) is 37.4 Å². The van der Waals surface area contributed by atoms with E-state index >= 15 is 0 Å². The van der Waals surface area contributed by atoms with E-state index in [-0.39, 0.29) is 17.4 Å². The molecule has 23 heavy (non-hydrogen) atoms. The Balaban J connectivity index is 1.97. The second kappa shape index (κ2) is 5.42. The Labute approximate surface area is 138 Å². The standard InChI is InChI=1S/C16H18N4O2S/c1-16(2,3)13-17-18-14(23-13)20-12(21)11(19(4)15(20)22)10-8-6-5-7-9-10/h5-9,11H,1-4H3/t11-/m1/s1. The van der Waals surface area contributed by atoms with E-state index in [4.69, 9.17) is 0 Å². The molecule has 3 amide bonds. The summed E-state index contributed by atoms with van der Waals surface area (Å²) in [7, 11) is 1.63. The lowest BCUT2D eigenvalue weighted by Crippen LogP contribution is -2.31. The number of likely N-dealkylation sites (N-methyl/N-ethyl adjacent to an activating group) is 1. The molecule has 0 N–H and O–H groups in total. The number of carbonyl (C=O) groups excluding carboxylic acids is 2. The highest BCUT2D eigenvalue weighted by molar-refractivity contribution is 7.15. The van der Waals surface area contributed by atoms with Gasteiger partial charge >= 0.3 is 6.03 Å². The smallest absolute Gasteiger partial charge is 0.311 e. The first-order valence-corrected chi connectivity index (χ1v) is 8.12. The SMILES string of the molecule is CN1C(=O)N(c2nnc(C(C)(C)C)s2)C(=O)[C@H]1c1ccccc1. The molecule has 1 aromatic carbocycles. The largest absolute Gasteiger partial charge is 0.334 e. The van der Waals surface area contributed by atoms with Crippen molar-refractivity contribution in [3.8, 4) is 0 Å². The van der Waals surface area contributed by atoms with Gasteiger partial charge in [0.1, 0.15) is 11.0 Å². The molecule has 2 aromatic rings. The fourth-order valence-corrected chi connectivity index (χ4v) is 3.34. The highest BCUT2D eigenvalue weighted by Crippen LogP contribution is 2.36. The number of hydrogen-bond acceptors (Lipinski definition) is 5. The van der Waals surface area contributed by atoms with Crippen LogP contribution in [0, 0.1) is 0 Å². The highest BCUT2D eigenvalue weighted by Gasteiger charge is 2.46. The van der Waals surface area contributed by atoms with E-state index in [1.54, 1.807) is 7.05 Å². The van der Waals surface area contributed by atoms with Crippen molar-refractivity contribution in [1.29, 1.82) is 0 Å². The number of anilines is 1. The first-order chi connectivity index (χ1) is 10.8. The third-order valence-corrected chi connectivity index (χ3v) is 5.03. The summed E-state index contributed by atoms with van der Waals surface area (Å²) in [5.41, 5.74) is 0.614. The average molecular weight is 330 g/mol. The number of aromatic nitrogens is 2. The zero-order valence-corrected chi connectivity index (χ0v) is 14.3. The molecule has 2 heterocycles. The van der Waals surface area contributed by atoms with E-state index < -0.39 is 6.04 Å². The van der Waals surface area contributed by atoms with Crippen molar-refractivity contribution < 1.29 is 9.59 Å². The molecule has 1 saturated heterocycles. The van der Waals surface area contributed by atoms with Crippen LogP contribution in [-0.2, 0) is 10.2 Å². The van der Waals surface area contributed by atoms with Gasteiger partial charge in [-0.1, -0.05) is 62.4 Å². The number of hydrogen-bond donors (Lipinski definition) is 0. The fraction of sp³-hybridized carbons (Fsp3) is 0.375. The monoisotopic (exact) mass is 330 g/mol. The Morgan fingerprint density at radius 3 is 2.30 bits per heavy atom. The molecule has 1 aromatic heterocycles. The molecule has 3 rings (SSSR count). The Morgan fingerprint density at radius 2 is 1.74 bits per heavy atom. The van der Waals surface area contributed by atoms with Crippen LogP contribution >= 0.6 is 11.3 Å². The van der Waals surface area contributed by atoms with Crippen molar-refractivity contribution >= 4 is 28.4 Å². The summed E-state index contributed by atoms with van der Waals surface area (Å²) in [6, 6.07) is 8.28. The molecule has 0 saturated carbocycles. The van der Waals surface area contributed by atoms with Gasteiger partial charge in [-0.15, -0.1) is 10.2 Å². The third-order valence-electron chi connectivity index (χ3n) is 3.70. The highest BCUT2D eigenvalue weighted by atomic mass is 32.1. The number of nitrogens with zero attached hydrogens (tertiary/aromatic N) is 4. The maximum Gasteiger partial charge on any atom is 0.334 e. The van der Waals surface area contributed by atoms with Crippen molar-refractivity contribution in [3.05, 3.63) is 40.9 Å². The van der Waals surface area contributed by atoms with Crippen molar-refractivity contribution in [2.45, 2.75) is 32.2 Å². The predicted molar refractivity (Wildman–Crippen MR) is 88.4 cm³/mol. The Hall–Kier alpha value is -2.28. The Bertz CT molecular complexity index is 751. The minimum Gasteiger partial charge on any atom is -0.311 e. The Morgan fingerprint density at radius 1 is 1.09 bits per heavy atom. The van der Waals surface area contributed by atoms with E-state index in [1.807, 2.05) is 51.1 Å². The number of carbonyl (C=O) groups is 2. The molecule has 1 fully saturated rings. The zero-order valence-electron chi connectivity index (χ0n) is 13.5. The molecule has 0 radical (unpaired) electrons. The minimum absolute atomic E-state index is 0.174. The van der Waals surface area contributed by atoms with Gasteiger partial charge in [-0.05, 0) is 5.56 Å². The number of imide groups is 1. The lowest BCUT2D eigenvalue weighted by molar-refractivity contribution is -0.119. The van der Waals surface area contributed by atoms with Crippen LogP contribution in [0.4, 0.5) is 9.93 Å². The van der Waals surface area contributed by atoms with Crippen LogP contribution in [0.5, 0.6) is 0 Å². The summed E-state index contributed by atoms with van der Waals surface area (Å²) in [5.74, 6) is -0.291. The molecule has 120 valence electrons. The molecule has 1 aliphatic heterocycles. The van der Waals surface area contributed by atoms with Gasteiger partial charge in [0.05, 0.1) is 0 Å². The van der Waals surface area contributed by atoms with Crippen molar-refractivity contribution in [2.24, 2.45) is 0 Å². The summed E-state index contributed by atoms with van der Waals surface area (Å²) in [4.78, 5) is 27.9. The second-order valence-corrected chi connectivity index (χ2v) is 7.48. The van der Waals surface area contributed by atoms with Crippen molar-refractivity contribution in [2.75, 3.05) is 11.9 Å². The first kappa shape index (κ1) is 15.6. The topological polar surface area (TPSA) is 66.4 Å². The van der Waals surface area contributed by atoms with Gasteiger partial charge in [0.2, 0.25) is 5.13 Å². The van der Waals surface area contributed by atoms with Gasteiger partial charge in [-0.3, -0.25) is 4.79 Å². The molecule has 6 nitrogen and oxygen atoms in total. The molecular formula is C16H18N4O2S. The summed E-state index contributed by atoms with van der Waals surface area (Å²) >= 11 is 1.28. The lowest BCUT2D eigenvalue weighted by atomic mass is 9.98. The van der Waals surface area contributed by atoms with E-state index in [9.17, 15) is 9.59 Å². The van der Waals surface area contributed by atoms with Crippen LogP contribution in [0.3, 0.4) is 0 Å². The summed E-state index contributed by atoms with van der Waals surface area (Å²) in [5, 5.41) is 9.30. The number of amides is 3. The van der Waals surface area contributed by atoms with Crippen molar-refractivity contribution in [1.82, 2.24) is 15.1 Å². The van der Waals surface area contributed by atoms with Crippen molar-refractivity contribution in [3.63, 3.8) is 0 Å². The van der Waals surface area contributed by atoms with E-state index in [0.29, 0.717) is 5.13 Å². The number of rotatable bonds is 2. The molecule has 0 unspecified atom stereocenters. The predicted octanol–water partition coefficient (Wildman–Crippen LogP) is 2.98. The molecular weight excluding hydrogens is 312 g/mol. The van der Waals surface area contributed by atoms with Gasteiger partial charge < -0.3 is 4.90 Å². The number of urea groups is 1. The van der Waals surface area contributed by atoms with Gasteiger partial charge in [0, 0.05) is 12.5 Å². The maximum absolute atomic E-state index is 12.8. The maximum atomic E-state index is 12.8.